The highest BCUT2D eigenvalue weighted by molar-refractivity contribution is 5.85. The van der Waals surface area contributed by atoms with Crippen molar-refractivity contribution in [3.05, 3.63) is 0 Å². The topological polar surface area (TPSA) is 197 Å². The second-order valence-corrected chi connectivity index (χ2v) is 14.7. The molecule has 0 radical (unpaired) electrons. The molecule has 0 aliphatic heterocycles. The van der Waals surface area contributed by atoms with Crippen LogP contribution < -0.4 is 16.0 Å². The number of hydrogen-bond acceptors (Lipinski definition) is 8. The molecule has 1 saturated carbocycles. The third kappa shape index (κ3) is 29.0. The second kappa shape index (κ2) is 32.4. The van der Waals surface area contributed by atoms with Gasteiger partial charge in [-0.2, -0.15) is 0 Å². The average Bonchev–Trinajstić information content (AvgIpc) is 3.12. The summed E-state index contributed by atoms with van der Waals surface area (Å²) < 4.78 is 10.4. The fraction of sp³-hybridized carbons (Fsp3) is 0.850. The molecule has 13 nitrogen and oxygen atoms in total. The summed E-state index contributed by atoms with van der Waals surface area (Å²) in [7, 11) is 0. The number of carboxylic acid groups (broad SMARTS) is 2. The molecule has 13 heteroatoms. The van der Waals surface area contributed by atoms with E-state index in [1.165, 1.54) is 77.6 Å². The Bertz CT molecular complexity index is 1030. The molecular formula is C40H71N3O10. The van der Waals surface area contributed by atoms with Gasteiger partial charge in [0.05, 0.1) is 19.8 Å². The molecule has 0 aromatic rings. The zero-order valence-electron chi connectivity index (χ0n) is 32.6. The Kier molecular flexibility index (Phi) is 29.3. The number of amides is 3. The first-order valence-corrected chi connectivity index (χ1v) is 20.5. The molecule has 1 rings (SSSR count). The van der Waals surface area contributed by atoms with E-state index in [2.05, 4.69) is 16.0 Å². The standard InChI is InChI=1S/C40H71N3O10/c1-32(44)31-53-29-28-52-27-26-41-37(46)25-24-35(40(50)51)43-39(49)34-22-20-33(21-23-34)30-42-36(45)18-16-14-12-10-8-6-4-2-3-5-7-9-11-13-15-17-19-38(47)48/h33-35H,2-31H2,1H3,(H,41,46)(H,42,45)(H,43,49)(H,47,48)(H,50,51)/t33-,34-,35-/m0/s1. The van der Waals surface area contributed by atoms with Crippen molar-refractivity contribution in [2.24, 2.45) is 11.8 Å². The molecule has 0 saturated heterocycles. The predicted molar refractivity (Wildman–Crippen MR) is 203 cm³/mol. The van der Waals surface area contributed by atoms with Crippen molar-refractivity contribution >= 4 is 35.4 Å². The van der Waals surface area contributed by atoms with E-state index in [0.717, 1.165) is 44.9 Å². The van der Waals surface area contributed by atoms with Crippen LogP contribution >= 0.6 is 0 Å². The smallest absolute Gasteiger partial charge is 0.326 e. The summed E-state index contributed by atoms with van der Waals surface area (Å²) in [5.74, 6) is -2.45. The molecular weight excluding hydrogens is 682 g/mol. The van der Waals surface area contributed by atoms with Gasteiger partial charge in [-0.25, -0.2) is 4.79 Å². The number of nitrogens with one attached hydrogen (secondary N) is 3. The number of hydrogen-bond donors (Lipinski definition) is 5. The minimum absolute atomic E-state index is 0.0165. The predicted octanol–water partition coefficient (Wildman–Crippen LogP) is 6.10. The highest BCUT2D eigenvalue weighted by atomic mass is 16.5. The molecule has 5 N–H and O–H groups in total. The monoisotopic (exact) mass is 754 g/mol. The Morgan fingerprint density at radius 2 is 1.09 bits per heavy atom. The maximum absolute atomic E-state index is 12.8. The minimum Gasteiger partial charge on any atom is -0.481 e. The number of carbonyl (C=O) groups is 6. The van der Waals surface area contributed by atoms with Crippen molar-refractivity contribution in [2.45, 2.75) is 167 Å². The van der Waals surface area contributed by atoms with E-state index in [1.807, 2.05) is 0 Å². The fourth-order valence-corrected chi connectivity index (χ4v) is 6.62. The van der Waals surface area contributed by atoms with E-state index >= 15 is 0 Å². The molecule has 0 aromatic carbocycles. The van der Waals surface area contributed by atoms with Gasteiger partial charge < -0.3 is 35.6 Å². The minimum atomic E-state index is -1.18. The first-order chi connectivity index (χ1) is 25.6. The zero-order chi connectivity index (χ0) is 38.9. The maximum Gasteiger partial charge on any atom is 0.326 e. The highest BCUT2D eigenvalue weighted by Gasteiger charge is 2.29. The summed E-state index contributed by atoms with van der Waals surface area (Å²) in [5, 5.41) is 26.6. The lowest BCUT2D eigenvalue weighted by Gasteiger charge is -2.28. The summed E-state index contributed by atoms with van der Waals surface area (Å²) in [6.07, 6.45) is 22.5. The summed E-state index contributed by atoms with van der Waals surface area (Å²) in [6.45, 7) is 3.16. The van der Waals surface area contributed by atoms with Gasteiger partial charge in [-0.15, -0.1) is 0 Å². The Morgan fingerprint density at radius 1 is 0.604 bits per heavy atom. The van der Waals surface area contributed by atoms with Crippen LogP contribution in [0.5, 0.6) is 0 Å². The molecule has 1 fully saturated rings. The van der Waals surface area contributed by atoms with Crippen LogP contribution in [-0.4, -0.2) is 91.2 Å². The number of unbranched alkanes of at least 4 members (excludes halogenated alkanes) is 15. The van der Waals surface area contributed by atoms with Gasteiger partial charge in [-0.05, 0) is 57.8 Å². The van der Waals surface area contributed by atoms with Crippen LogP contribution in [0.3, 0.4) is 0 Å². The maximum atomic E-state index is 12.8. The summed E-state index contributed by atoms with van der Waals surface area (Å²) in [5.41, 5.74) is 0. The molecule has 0 aromatic heterocycles. The quantitative estimate of drug-likeness (QED) is 0.0472. The van der Waals surface area contributed by atoms with Gasteiger partial charge in [0.2, 0.25) is 17.7 Å². The van der Waals surface area contributed by atoms with Gasteiger partial charge in [0, 0.05) is 38.3 Å². The first kappa shape index (κ1) is 48.0. The second-order valence-electron chi connectivity index (χ2n) is 14.7. The zero-order valence-corrected chi connectivity index (χ0v) is 32.6. The number of ketones is 1. The summed E-state index contributed by atoms with van der Waals surface area (Å²) in [6, 6.07) is -1.15. The van der Waals surface area contributed by atoms with Gasteiger partial charge in [0.25, 0.3) is 0 Å². The van der Waals surface area contributed by atoms with Crippen molar-refractivity contribution in [1.82, 2.24) is 16.0 Å². The number of aliphatic carboxylic acids is 2. The van der Waals surface area contributed by atoms with Crippen molar-refractivity contribution in [3.8, 4) is 0 Å². The Balaban J connectivity index is 2.01. The summed E-state index contributed by atoms with van der Waals surface area (Å²) >= 11 is 0. The molecule has 0 heterocycles. The molecule has 1 atom stereocenters. The lowest BCUT2D eigenvalue weighted by atomic mass is 9.81. The van der Waals surface area contributed by atoms with Crippen molar-refractivity contribution < 1.29 is 48.5 Å². The van der Waals surface area contributed by atoms with Crippen molar-refractivity contribution in [2.75, 3.05) is 39.5 Å². The molecule has 1 aliphatic rings. The van der Waals surface area contributed by atoms with Crippen LogP contribution in [0, 0.1) is 11.8 Å². The fourth-order valence-electron chi connectivity index (χ4n) is 6.62. The first-order valence-electron chi connectivity index (χ1n) is 20.5. The van der Waals surface area contributed by atoms with E-state index in [-0.39, 0.29) is 68.6 Å². The molecule has 0 bridgehead atoms. The van der Waals surface area contributed by atoms with Crippen molar-refractivity contribution in [3.63, 3.8) is 0 Å². The number of carboxylic acids is 2. The van der Waals surface area contributed by atoms with Crippen LogP contribution in [0.2, 0.25) is 0 Å². The Hall–Kier alpha value is -3.06. The largest absolute Gasteiger partial charge is 0.481 e. The van der Waals surface area contributed by atoms with Crippen LogP contribution in [0.4, 0.5) is 0 Å². The lowest BCUT2D eigenvalue weighted by molar-refractivity contribution is -0.143. The van der Waals surface area contributed by atoms with E-state index < -0.39 is 18.0 Å². The lowest BCUT2D eigenvalue weighted by Crippen LogP contribution is -2.45. The van der Waals surface area contributed by atoms with Gasteiger partial charge in [-0.1, -0.05) is 89.9 Å². The third-order valence-electron chi connectivity index (χ3n) is 9.87. The molecule has 0 unspecified atom stereocenters. The van der Waals surface area contributed by atoms with Crippen LogP contribution in [-0.2, 0) is 38.2 Å². The van der Waals surface area contributed by atoms with Gasteiger partial charge in [0.1, 0.15) is 12.6 Å². The number of rotatable bonds is 35. The van der Waals surface area contributed by atoms with Crippen LogP contribution in [0.25, 0.3) is 0 Å². The third-order valence-corrected chi connectivity index (χ3v) is 9.87. The van der Waals surface area contributed by atoms with E-state index in [9.17, 15) is 33.9 Å². The van der Waals surface area contributed by atoms with Crippen molar-refractivity contribution in [1.29, 1.82) is 0 Å². The van der Waals surface area contributed by atoms with E-state index in [4.69, 9.17) is 14.6 Å². The average molecular weight is 754 g/mol. The SMILES string of the molecule is CC(=O)COCCOCCNC(=O)CC[C@H](NC(=O)[C@H]1CC[C@H](CNC(=O)CCCCCCCCCCCCCCCCCCC(=O)O)CC1)C(=O)O. The van der Waals surface area contributed by atoms with Gasteiger partial charge >= 0.3 is 11.9 Å². The Labute approximate surface area is 317 Å². The Morgan fingerprint density at radius 3 is 1.60 bits per heavy atom. The highest BCUT2D eigenvalue weighted by Crippen LogP contribution is 2.29. The van der Waals surface area contributed by atoms with Crippen LogP contribution in [0.15, 0.2) is 0 Å². The molecule has 0 spiro atoms. The molecule has 3 amide bonds. The summed E-state index contributed by atoms with van der Waals surface area (Å²) in [4.78, 5) is 70.4. The van der Waals surface area contributed by atoms with Gasteiger partial charge in [-0.3, -0.25) is 24.0 Å². The number of carbonyl (C=O) groups excluding carboxylic acids is 4. The van der Waals surface area contributed by atoms with Crippen LogP contribution in [0.1, 0.15) is 161 Å². The normalized spacial score (nSPS) is 16.1. The molecule has 53 heavy (non-hydrogen) atoms. The number of ether oxygens (including phenoxy) is 2. The van der Waals surface area contributed by atoms with Gasteiger partial charge in [0.15, 0.2) is 5.78 Å². The van der Waals surface area contributed by atoms with E-state index in [1.54, 1.807) is 0 Å². The number of Topliss-reactive ketones (excluding diaryl/α,β-unsaturated/α-hetero) is 1. The molecule has 306 valence electrons. The molecule has 1 aliphatic carbocycles. The van der Waals surface area contributed by atoms with E-state index in [0.29, 0.717) is 44.8 Å².